The van der Waals surface area contributed by atoms with E-state index in [4.69, 9.17) is 16.3 Å². The minimum Gasteiger partial charge on any atom is -0.451 e. The summed E-state index contributed by atoms with van der Waals surface area (Å²) in [5, 5.41) is 5.09. The van der Waals surface area contributed by atoms with Crippen molar-refractivity contribution in [2.75, 3.05) is 6.61 Å². The molecule has 1 heterocycles. The van der Waals surface area contributed by atoms with Crippen LogP contribution in [0.2, 0.25) is 5.02 Å². The fourth-order valence-electron chi connectivity index (χ4n) is 2.45. The molecule has 0 spiro atoms. The van der Waals surface area contributed by atoms with Gasteiger partial charge in [0.05, 0.1) is 11.4 Å². The van der Waals surface area contributed by atoms with E-state index < -0.39 is 24.4 Å². The molecule has 0 aliphatic carbocycles. The smallest absolute Gasteiger partial charge is 0.357 e. The molecule has 2 aromatic carbocycles. The van der Waals surface area contributed by atoms with Crippen LogP contribution in [0, 0.1) is 0 Å². The zero-order chi connectivity index (χ0) is 20.8. The maximum Gasteiger partial charge on any atom is 0.357 e. The van der Waals surface area contributed by atoms with Gasteiger partial charge in [0.1, 0.15) is 0 Å². The zero-order valence-electron chi connectivity index (χ0n) is 15.4. The van der Waals surface area contributed by atoms with Crippen molar-refractivity contribution in [3.63, 3.8) is 0 Å². The van der Waals surface area contributed by atoms with Crippen LogP contribution < -0.4 is 10.9 Å². The van der Waals surface area contributed by atoms with Crippen molar-refractivity contribution in [3.05, 3.63) is 71.4 Å². The standard InChI is InChI=1S/C20H17ClN4O4/c1-13(26)22-23-19(27)12-29-20(28)18-11-17(14-7-9-15(21)10-8-14)24-25(18)16-5-3-2-4-6-16/h2-11H,12H2,1H3,(H,22,26)(H,23,27). The predicted molar refractivity (Wildman–Crippen MR) is 106 cm³/mol. The second-order valence-corrected chi connectivity index (χ2v) is 6.41. The van der Waals surface area contributed by atoms with Gasteiger partial charge in [-0.15, -0.1) is 0 Å². The van der Waals surface area contributed by atoms with Crippen LogP contribution in [0.1, 0.15) is 17.4 Å². The van der Waals surface area contributed by atoms with Crippen LogP contribution in [-0.4, -0.2) is 34.2 Å². The normalized spacial score (nSPS) is 10.3. The van der Waals surface area contributed by atoms with Gasteiger partial charge in [0.15, 0.2) is 12.3 Å². The van der Waals surface area contributed by atoms with Crippen LogP contribution in [-0.2, 0) is 14.3 Å². The van der Waals surface area contributed by atoms with Crippen molar-refractivity contribution in [2.45, 2.75) is 6.92 Å². The molecule has 3 rings (SSSR count). The summed E-state index contributed by atoms with van der Waals surface area (Å²) in [6, 6.07) is 17.7. The molecule has 0 atom stereocenters. The number of hydrazine groups is 1. The Labute approximate surface area is 171 Å². The van der Waals surface area contributed by atoms with E-state index in [-0.39, 0.29) is 5.69 Å². The molecule has 0 saturated heterocycles. The van der Waals surface area contributed by atoms with E-state index >= 15 is 0 Å². The number of para-hydroxylation sites is 1. The number of rotatable bonds is 5. The lowest BCUT2D eigenvalue weighted by atomic mass is 10.1. The predicted octanol–water partition coefficient (Wildman–Crippen LogP) is 2.52. The van der Waals surface area contributed by atoms with Crippen molar-refractivity contribution >= 4 is 29.4 Å². The van der Waals surface area contributed by atoms with Gasteiger partial charge in [-0.1, -0.05) is 41.9 Å². The summed E-state index contributed by atoms with van der Waals surface area (Å²) in [7, 11) is 0. The van der Waals surface area contributed by atoms with Gasteiger partial charge in [-0.2, -0.15) is 5.10 Å². The number of halogens is 1. The van der Waals surface area contributed by atoms with Crippen molar-refractivity contribution in [1.82, 2.24) is 20.6 Å². The average Bonchev–Trinajstić information content (AvgIpc) is 3.17. The van der Waals surface area contributed by atoms with E-state index in [0.29, 0.717) is 16.4 Å². The molecule has 0 fully saturated rings. The first-order chi connectivity index (χ1) is 13.9. The summed E-state index contributed by atoms with van der Waals surface area (Å²) in [6.45, 7) is 0.679. The van der Waals surface area contributed by atoms with Gasteiger partial charge in [-0.05, 0) is 30.3 Å². The van der Waals surface area contributed by atoms with Crippen LogP contribution in [0.25, 0.3) is 16.9 Å². The lowest BCUT2D eigenvalue weighted by Crippen LogP contribution is -2.42. The SMILES string of the molecule is CC(=O)NNC(=O)COC(=O)c1cc(-c2ccc(Cl)cc2)nn1-c1ccccc1. The minimum absolute atomic E-state index is 0.147. The van der Waals surface area contributed by atoms with Gasteiger partial charge >= 0.3 is 5.97 Å². The first-order valence-electron chi connectivity index (χ1n) is 8.58. The van der Waals surface area contributed by atoms with Gasteiger partial charge in [0, 0.05) is 17.5 Å². The van der Waals surface area contributed by atoms with Gasteiger partial charge in [0.25, 0.3) is 5.91 Å². The van der Waals surface area contributed by atoms with Crippen LogP contribution in [0.4, 0.5) is 0 Å². The van der Waals surface area contributed by atoms with Gasteiger partial charge in [0.2, 0.25) is 5.91 Å². The Kier molecular flexibility index (Phi) is 6.25. The topological polar surface area (TPSA) is 102 Å². The molecule has 1 aromatic heterocycles. The number of nitrogens with one attached hydrogen (secondary N) is 2. The second-order valence-electron chi connectivity index (χ2n) is 5.97. The number of nitrogens with zero attached hydrogens (tertiary/aromatic N) is 2. The Bertz CT molecular complexity index is 1030. The summed E-state index contributed by atoms with van der Waals surface area (Å²) in [5.74, 6) is -1.85. The number of amides is 2. The molecule has 29 heavy (non-hydrogen) atoms. The number of carbonyl (C=O) groups is 3. The Balaban J connectivity index is 1.86. The Morgan fingerprint density at radius 3 is 2.38 bits per heavy atom. The number of ether oxygens (including phenoxy) is 1. The van der Waals surface area contributed by atoms with Crippen molar-refractivity contribution in [1.29, 1.82) is 0 Å². The highest BCUT2D eigenvalue weighted by molar-refractivity contribution is 6.30. The summed E-state index contributed by atoms with van der Waals surface area (Å²) in [5.41, 5.74) is 6.35. The second kappa shape index (κ2) is 9.03. The molecule has 3 aromatic rings. The number of hydrogen-bond acceptors (Lipinski definition) is 5. The van der Waals surface area contributed by atoms with E-state index in [1.807, 2.05) is 18.2 Å². The monoisotopic (exact) mass is 412 g/mol. The molecular weight excluding hydrogens is 396 g/mol. The molecule has 148 valence electrons. The molecule has 8 nitrogen and oxygen atoms in total. The lowest BCUT2D eigenvalue weighted by Gasteiger charge is -2.08. The van der Waals surface area contributed by atoms with E-state index in [1.165, 1.54) is 11.6 Å². The molecule has 0 unspecified atom stereocenters. The number of hydrogen-bond donors (Lipinski definition) is 2. The summed E-state index contributed by atoms with van der Waals surface area (Å²) in [6.07, 6.45) is 0. The summed E-state index contributed by atoms with van der Waals surface area (Å²) < 4.78 is 6.51. The quantitative estimate of drug-likeness (QED) is 0.495. The molecule has 0 saturated carbocycles. The summed E-state index contributed by atoms with van der Waals surface area (Å²) >= 11 is 5.93. The van der Waals surface area contributed by atoms with Crippen molar-refractivity contribution in [3.8, 4) is 16.9 Å². The minimum atomic E-state index is -0.737. The van der Waals surface area contributed by atoms with Crippen LogP contribution >= 0.6 is 11.6 Å². The van der Waals surface area contributed by atoms with E-state index in [2.05, 4.69) is 16.0 Å². The van der Waals surface area contributed by atoms with E-state index in [9.17, 15) is 14.4 Å². The number of esters is 1. The first-order valence-corrected chi connectivity index (χ1v) is 8.96. The van der Waals surface area contributed by atoms with Gasteiger partial charge in [-0.25, -0.2) is 9.48 Å². The van der Waals surface area contributed by atoms with Crippen LogP contribution in [0.3, 0.4) is 0 Å². The van der Waals surface area contributed by atoms with Crippen LogP contribution in [0.15, 0.2) is 60.7 Å². The molecule has 9 heteroatoms. The maximum atomic E-state index is 12.6. The molecule has 0 bridgehead atoms. The number of aromatic nitrogens is 2. The highest BCUT2D eigenvalue weighted by Gasteiger charge is 2.20. The van der Waals surface area contributed by atoms with E-state index in [1.54, 1.807) is 42.5 Å². The molecule has 0 aliphatic heterocycles. The highest BCUT2D eigenvalue weighted by atomic mass is 35.5. The first kappa shape index (κ1) is 20.1. The zero-order valence-corrected chi connectivity index (χ0v) is 16.1. The molecule has 2 N–H and O–H groups in total. The fraction of sp³-hybridized carbons (Fsp3) is 0.100. The van der Waals surface area contributed by atoms with Crippen LogP contribution in [0.5, 0.6) is 0 Å². The largest absolute Gasteiger partial charge is 0.451 e. The number of carbonyl (C=O) groups excluding carboxylic acids is 3. The Morgan fingerprint density at radius 1 is 1.03 bits per heavy atom. The molecule has 0 radical (unpaired) electrons. The Hall–Kier alpha value is -3.65. The van der Waals surface area contributed by atoms with Crippen molar-refractivity contribution < 1.29 is 19.1 Å². The average molecular weight is 413 g/mol. The highest BCUT2D eigenvalue weighted by Crippen LogP contribution is 2.23. The third-order valence-corrected chi connectivity index (χ3v) is 4.02. The molecule has 2 amide bonds. The maximum absolute atomic E-state index is 12.6. The van der Waals surface area contributed by atoms with E-state index in [0.717, 1.165) is 5.56 Å². The number of benzene rings is 2. The van der Waals surface area contributed by atoms with Crippen molar-refractivity contribution in [2.24, 2.45) is 0 Å². The third kappa shape index (κ3) is 5.20. The lowest BCUT2D eigenvalue weighted by molar-refractivity contribution is -0.129. The molecular formula is C20H17ClN4O4. The fourth-order valence-corrected chi connectivity index (χ4v) is 2.58. The third-order valence-electron chi connectivity index (χ3n) is 3.77. The Morgan fingerprint density at radius 2 is 1.72 bits per heavy atom. The van der Waals surface area contributed by atoms with Gasteiger partial charge < -0.3 is 4.74 Å². The van der Waals surface area contributed by atoms with Gasteiger partial charge in [-0.3, -0.25) is 20.4 Å². The summed E-state index contributed by atoms with van der Waals surface area (Å²) in [4.78, 5) is 35.1. The molecule has 0 aliphatic rings.